The molecule has 1 aromatic heterocycles. The van der Waals surface area contributed by atoms with E-state index in [0.29, 0.717) is 16.3 Å². The number of anilines is 2. The summed E-state index contributed by atoms with van der Waals surface area (Å²) in [7, 11) is -3.71. The van der Waals surface area contributed by atoms with Gasteiger partial charge in [-0.1, -0.05) is 11.6 Å². The molecule has 0 amide bonds. The number of nitrogens with zero attached hydrogens (tertiary/aromatic N) is 1. The highest BCUT2D eigenvalue weighted by atomic mass is 35.5. The number of nitrogens with two attached hydrogens (primary N) is 1. The lowest BCUT2D eigenvalue weighted by molar-refractivity contribution is 0.601. The second-order valence-electron chi connectivity index (χ2n) is 4.44. The normalized spacial score (nSPS) is 11.3. The molecule has 0 saturated heterocycles. The molecule has 2 aromatic rings. The van der Waals surface area contributed by atoms with Crippen LogP contribution < -0.4 is 10.5 Å². The first-order valence-electron chi connectivity index (χ1n) is 5.80. The minimum atomic E-state index is -3.71. The van der Waals surface area contributed by atoms with E-state index >= 15 is 0 Å². The van der Waals surface area contributed by atoms with Crippen LogP contribution in [0.25, 0.3) is 0 Å². The molecular formula is C13H14ClN3O2S. The van der Waals surface area contributed by atoms with Crippen molar-refractivity contribution in [2.24, 2.45) is 0 Å². The number of sulfonamides is 1. The van der Waals surface area contributed by atoms with Gasteiger partial charge >= 0.3 is 0 Å². The molecule has 0 fully saturated rings. The average Bonchev–Trinajstić information content (AvgIpc) is 2.38. The fourth-order valence-corrected chi connectivity index (χ4v) is 3.07. The van der Waals surface area contributed by atoms with E-state index in [2.05, 4.69) is 9.71 Å². The first-order valence-corrected chi connectivity index (χ1v) is 7.66. The Kier molecular flexibility index (Phi) is 3.87. The topological polar surface area (TPSA) is 85.1 Å². The van der Waals surface area contributed by atoms with Crippen LogP contribution in [0.1, 0.15) is 11.1 Å². The summed E-state index contributed by atoms with van der Waals surface area (Å²) in [5.41, 5.74) is 7.76. The molecule has 20 heavy (non-hydrogen) atoms. The number of aryl methyl sites for hydroxylation is 2. The van der Waals surface area contributed by atoms with Gasteiger partial charge in [-0.3, -0.25) is 9.71 Å². The summed E-state index contributed by atoms with van der Waals surface area (Å²) in [6.07, 6.45) is 3.10. The summed E-state index contributed by atoms with van der Waals surface area (Å²) in [5.74, 6) is 0. The van der Waals surface area contributed by atoms with Crippen molar-refractivity contribution in [2.45, 2.75) is 18.7 Å². The second kappa shape index (κ2) is 5.30. The van der Waals surface area contributed by atoms with Gasteiger partial charge in [0.05, 0.1) is 21.3 Å². The van der Waals surface area contributed by atoms with Crippen molar-refractivity contribution in [3.8, 4) is 0 Å². The summed E-state index contributed by atoms with van der Waals surface area (Å²) in [5, 5.41) is 0.365. The molecule has 5 nitrogen and oxygen atoms in total. The van der Waals surface area contributed by atoms with E-state index in [1.54, 1.807) is 26.1 Å². The van der Waals surface area contributed by atoms with Gasteiger partial charge in [-0.25, -0.2) is 8.42 Å². The lowest BCUT2D eigenvalue weighted by Gasteiger charge is -2.12. The van der Waals surface area contributed by atoms with Gasteiger partial charge in [-0.2, -0.15) is 0 Å². The Morgan fingerprint density at radius 3 is 2.55 bits per heavy atom. The van der Waals surface area contributed by atoms with Crippen LogP contribution in [-0.2, 0) is 10.0 Å². The minimum Gasteiger partial charge on any atom is -0.397 e. The number of hydrogen-bond acceptors (Lipinski definition) is 4. The SMILES string of the molecule is Cc1cnccc1NS(=O)(=O)c1cc(C)c(Cl)c(N)c1. The van der Waals surface area contributed by atoms with Crippen LogP contribution in [0.15, 0.2) is 35.5 Å². The number of benzene rings is 1. The maximum atomic E-state index is 12.3. The Bertz CT molecular complexity index is 737. The quantitative estimate of drug-likeness (QED) is 0.853. The maximum absolute atomic E-state index is 12.3. The summed E-state index contributed by atoms with van der Waals surface area (Å²) < 4.78 is 27.2. The zero-order chi connectivity index (χ0) is 14.9. The average molecular weight is 312 g/mol. The van der Waals surface area contributed by atoms with Crippen molar-refractivity contribution in [3.63, 3.8) is 0 Å². The molecule has 1 heterocycles. The number of aromatic nitrogens is 1. The van der Waals surface area contributed by atoms with Gasteiger partial charge in [0.1, 0.15) is 0 Å². The molecule has 3 N–H and O–H groups in total. The largest absolute Gasteiger partial charge is 0.397 e. The van der Waals surface area contributed by atoms with Gasteiger partial charge in [-0.15, -0.1) is 0 Å². The maximum Gasteiger partial charge on any atom is 0.261 e. The van der Waals surface area contributed by atoms with Crippen LogP contribution in [0.5, 0.6) is 0 Å². The first-order chi connectivity index (χ1) is 9.31. The molecule has 0 aliphatic rings. The van der Waals surface area contributed by atoms with Crippen LogP contribution >= 0.6 is 11.6 Å². The Morgan fingerprint density at radius 1 is 1.25 bits per heavy atom. The lowest BCUT2D eigenvalue weighted by atomic mass is 10.2. The molecule has 0 radical (unpaired) electrons. The molecule has 0 bridgehead atoms. The molecule has 0 unspecified atom stereocenters. The van der Waals surface area contributed by atoms with Gasteiger partial charge in [0.25, 0.3) is 10.0 Å². The standard InChI is InChI=1S/C13H14ClN3O2S/c1-8-5-10(6-11(15)13(8)14)20(18,19)17-12-3-4-16-7-9(12)2/h3-7H,15H2,1-2H3,(H,16,17). The Hall–Kier alpha value is -1.79. The van der Waals surface area contributed by atoms with E-state index in [1.165, 1.54) is 18.3 Å². The lowest BCUT2D eigenvalue weighted by Crippen LogP contribution is -2.14. The predicted octanol–water partition coefficient (Wildman–Crippen LogP) is 2.73. The summed E-state index contributed by atoms with van der Waals surface area (Å²) in [6.45, 7) is 3.47. The van der Waals surface area contributed by atoms with Crippen LogP contribution in [0.3, 0.4) is 0 Å². The third kappa shape index (κ3) is 2.86. The molecule has 106 valence electrons. The predicted molar refractivity (Wildman–Crippen MR) is 80.4 cm³/mol. The zero-order valence-electron chi connectivity index (χ0n) is 11.0. The highest BCUT2D eigenvalue weighted by Gasteiger charge is 2.17. The Labute approximate surface area is 122 Å². The van der Waals surface area contributed by atoms with Crippen molar-refractivity contribution >= 4 is 33.0 Å². The fraction of sp³-hybridized carbons (Fsp3) is 0.154. The minimum absolute atomic E-state index is 0.0770. The summed E-state index contributed by atoms with van der Waals surface area (Å²) in [4.78, 5) is 3.99. The van der Waals surface area contributed by atoms with Gasteiger partial charge in [0.15, 0.2) is 0 Å². The van der Waals surface area contributed by atoms with E-state index in [-0.39, 0.29) is 10.6 Å². The molecule has 0 aliphatic heterocycles. The van der Waals surface area contributed by atoms with E-state index in [0.717, 1.165) is 5.56 Å². The number of halogens is 1. The van der Waals surface area contributed by atoms with Gasteiger partial charge in [0.2, 0.25) is 0 Å². The smallest absolute Gasteiger partial charge is 0.261 e. The summed E-state index contributed by atoms with van der Waals surface area (Å²) >= 11 is 5.94. The molecular weight excluding hydrogens is 298 g/mol. The van der Waals surface area contributed by atoms with Crippen molar-refractivity contribution in [2.75, 3.05) is 10.5 Å². The first kappa shape index (κ1) is 14.6. The van der Waals surface area contributed by atoms with Crippen molar-refractivity contribution in [1.29, 1.82) is 0 Å². The van der Waals surface area contributed by atoms with Crippen LogP contribution in [0, 0.1) is 13.8 Å². The van der Waals surface area contributed by atoms with E-state index < -0.39 is 10.0 Å². The van der Waals surface area contributed by atoms with Crippen molar-refractivity contribution in [1.82, 2.24) is 4.98 Å². The molecule has 0 aliphatic carbocycles. The molecule has 0 saturated carbocycles. The van der Waals surface area contributed by atoms with Crippen LogP contribution in [0.4, 0.5) is 11.4 Å². The van der Waals surface area contributed by atoms with Crippen molar-refractivity contribution in [3.05, 3.63) is 46.7 Å². The van der Waals surface area contributed by atoms with E-state index in [4.69, 9.17) is 17.3 Å². The van der Waals surface area contributed by atoms with Crippen LogP contribution in [-0.4, -0.2) is 13.4 Å². The number of rotatable bonds is 3. The monoisotopic (exact) mass is 311 g/mol. The molecule has 0 atom stereocenters. The zero-order valence-corrected chi connectivity index (χ0v) is 12.6. The number of nitrogen functional groups attached to an aromatic ring is 1. The molecule has 7 heteroatoms. The Morgan fingerprint density at radius 2 is 1.95 bits per heavy atom. The molecule has 0 spiro atoms. The van der Waals surface area contributed by atoms with Gasteiger partial charge < -0.3 is 5.73 Å². The second-order valence-corrected chi connectivity index (χ2v) is 6.50. The number of pyridine rings is 1. The molecule has 1 aromatic carbocycles. The number of hydrogen-bond donors (Lipinski definition) is 2. The number of nitrogens with one attached hydrogen (secondary N) is 1. The summed E-state index contributed by atoms with van der Waals surface area (Å²) in [6, 6.07) is 4.42. The third-order valence-electron chi connectivity index (χ3n) is 2.83. The van der Waals surface area contributed by atoms with E-state index in [1.807, 2.05) is 0 Å². The molecule has 2 rings (SSSR count). The Balaban J connectivity index is 2.44. The van der Waals surface area contributed by atoms with Crippen molar-refractivity contribution < 1.29 is 8.42 Å². The van der Waals surface area contributed by atoms with Gasteiger partial charge in [0, 0.05) is 12.4 Å². The van der Waals surface area contributed by atoms with Gasteiger partial charge in [-0.05, 0) is 43.2 Å². The van der Waals surface area contributed by atoms with E-state index in [9.17, 15) is 8.42 Å². The van der Waals surface area contributed by atoms with Crippen LogP contribution in [0.2, 0.25) is 5.02 Å². The third-order valence-corrected chi connectivity index (χ3v) is 4.69. The fourth-order valence-electron chi connectivity index (χ4n) is 1.71. The highest BCUT2D eigenvalue weighted by molar-refractivity contribution is 7.92. The highest BCUT2D eigenvalue weighted by Crippen LogP contribution is 2.28.